The Morgan fingerprint density at radius 1 is 1.08 bits per heavy atom. The zero-order valence-corrected chi connectivity index (χ0v) is 18.5. The fourth-order valence-electron chi connectivity index (χ4n) is 3.23. The van der Waals surface area contributed by atoms with Gasteiger partial charge in [0.25, 0.3) is 12.3 Å². The SMILES string of the molecule is NS(=O)(=O)c1cccc(NC(=O)c2cnn3c(C(F)F)cc(-c4ccc(OC(F)(F)F)cc4)nc23)c1. The summed E-state index contributed by atoms with van der Waals surface area (Å²) in [5, 5.41) is 11.3. The lowest BCUT2D eigenvalue weighted by molar-refractivity contribution is -0.274. The van der Waals surface area contributed by atoms with Crippen molar-refractivity contribution in [3.8, 4) is 17.0 Å². The van der Waals surface area contributed by atoms with Gasteiger partial charge in [0.05, 0.1) is 16.8 Å². The van der Waals surface area contributed by atoms with E-state index in [0.717, 1.165) is 35.0 Å². The predicted octanol–water partition coefficient (Wildman–Crippen LogP) is 4.13. The maximum atomic E-state index is 13.8. The van der Waals surface area contributed by atoms with Gasteiger partial charge in [0.2, 0.25) is 10.0 Å². The molecule has 4 rings (SSSR count). The van der Waals surface area contributed by atoms with Crippen molar-refractivity contribution in [3.63, 3.8) is 0 Å². The number of hydrogen-bond acceptors (Lipinski definition) is 6. The monoisotopic (exact) mass is 527 g/mol. The molecule has 9 nitrogen and oxygen atoms in total. The second-order valence-corrected chi connectivity index (χ2v) is 8.82. The molecule has 3 N–H and O–H groups in total. The minimum absolute atomic E-state index is 0.0522. The van der Waals surface area contributed by atoms with Crippen LogP contribution in [-0.4, -0.2) is 35.3 Å². The molecule has 1 amide bonds. The van der Waals surface area contributed by atoms with Crippen LogP contribution in [0.2, 0.25) is 0 Å². The Balaban J connectivity index is 1.73. The lowest BCUT2D eigenvalue weighted by Gasteiger charge is -2.11. The molecule has 2 aromatic carbocycles. The van der Waals surface area contributed by atoms with Crippen molar-refractivity contribution in [1.29, 1.82) is 0 Å². The van der Waals surface area contributed by atoms with Gasteiger partial charge in [-0.15, -0.1) is 13.2 Å². The van der Waals surface area contributed by atoms with E-state index < -0.39 is 40.2 Å². The van der Waals surface area contributed by atoms with Crippen molar-refractivity contribution in [3.05, 3.63) is 72.1 Å². The molecule has 0 aliphatic rings. The van der Waals surface area contributed by atoms with Crippen LogP contribution in [0.25, 0.3) is 16.9 Å². The van der Waals surface area contributed by atoms with E-state index in [-0.39, 0.29) is 33.1 Å². The number of benzene rings is 2. The summed E-state index contributed by atoms with van der Waals surface area (Å²) in [4.78, 5) is 16.8. The fraction of sp³-hybridized carbons (Fsp3) is 0.0952. The molecule has 188 valence electrons. The highest BCUT2D eigenvalue weighted by Crippen LogP contribution is 2.29. The normalized spacial score (nSPS) is 12.2. The number of aromatic nitrogens is 3. The van der Waals surface area contributed by atoms with Gasteiger partial charge in [0, 0.05) is 11.3 Å². The third-order valence-electron chi connectivity index (χ3n) is 4.77. The molecule has 0 aliphatic heterocycles. The van der Waals surface area contributed by atoms with Crippen LogP contribution in [0, 0.1) is 0 Å². The number of primary sulfonamides is 1. The van der Waals surface area contributed by atoms with Crippen LogP contribution in [0.15, 0.2) is 65.7 Å². The Kier molecular flexibility index (Phi) is 6.36. The van der Waals surface area contributed by atoms with Gasteiger partial charge in [-0.2, -0.15) is 5.10 Å². The molecule has 0 saturated heterocycles. The minimum atomic E-state index is -4.91. The van der Waals surface area contributed by atoms with Crippen LogP contribution < -0.4 is 15.2 Å². The molecule has 0 fully saturated rings. The average molecular weight is 527 g/mol. The molecule has 0 atom stereocenters. The van der Waals surface area contributed by atoms with Gasteiger partial charge in [-0.25, -0.2) is 31.8 Å². The molecule has 0 aliphatic carbocycles. The van der Waals surface area contributed by atoms with Crippen LogP contribution >= 0.6 is 0 Å². The van der Waals surface area contributed by atoms with Crippen molar-refractivity contribution in [2.75, 3.05) is 5.32 Å². The van der Waals surface area contributed by atoms with Gasteiger partial charge < -0.3 is 10.1 Å². The Morgan fingerprint density at radius 2 is 1.78 bits per heavy atom. The first-order chi connectivity index (χ1) is 16.8. The molecule has 0 unspecified atom stereocenters. The number of hydrogen-bond donors (Lipinski definition) is 2. The average Bonchev–Trinajstić information content (AvgIpc) is 3.21. The van der Waals surface area contributed by atoms with Crippen molar-refractivity contribution < 1.29 is 39.9 Å². The number of nitrogens with zero attached hydrogens (tertiary/aromatic N) is 3. The van der Waals surface area contributed by atoms with E-state index in [1.54, 1.807) is 0 Å². The molecule has 0 saturated carbocycles. The zero-order chi connectivity index (χ0) is 26.3. The summed E-state index contributed by atoms with van der Waals surface area (Å²) in [5.41, 5.74) is -0.961. The summed E-state index contributed by atoms with van der Waals surface area (Å²) in [5.74, 6) is -1.36. The maximum Gasteiger partial charge on any atom is 0.573 e. The second-order valence-electron chi connectivity index (χ2n) is 7.26. The third-order valence-corrected chi connectivity index (χ3v) is 5.68. The van der Waals surface area contributed by atoms with Gasteiger partial charge in [-0.05, 0) is 48.5 Å². The highest BCUT2D eigenvalue weighted by Gasteiger charge is 2.31. The molecule has 0 bridgehead atoms. The van der Waals surface area contributed by atoms with Crippen LogP contribution in [0.4, 0.5) is 27.6 Å². The zero-order valence-electron chi connectivity index (χ0n) is 17.7. The first-order valence-electron chi connectivity index (χ1n) is 9.79. The number of sulfonamides is 1. The largest absolute Gasteiger partial charge is 0.573 e. The van der Waals surface area contributed by atoms with E-state index in [1.807, 2.05) is 0 Å². The third kappa shape index (κ3) is 5.41. The topological polar surface area (TPSA) is 129 Å². The molecule has 36 heavy (non-hydrogen) atoms. The Morgan fingerprint density at radius 3 is 2.39 bits per heavy atom. The summed E-state index contributed by atoms with van der Waals surface area (Å²) >= 11 is 0. The van der Waals surface area contributed by atoms with E-state index in [2.05, 4.69) is 20.1 Å². The number of fused-ring (bicyclic) bond motifs is 1. The van der Waals surface area contributed by atoms with E-state index in [9.17, 15) is 35.2 Å². The smallest absolute Gasteiger partial charge is 0.406 e. The minimum Gasteiger partial charge on any atom is -0.406 e. The number of anilines is 1. The van der Waals surface area contributed by atoms with Crippen molar-refractivity contribution in [1.82, 2.24) is 14.6 Å². The van der Waals surface area contributed by atoms with Crippen molar-refractivity contribution in [2.45, 2.75) is 17.7 Å². The van der Waals surface area contributed by atoms with Gasteiger partial charge in [-0.1, -0.05) is 6.07 Å². The highest BCUT2D eigenvalue weighted by molar-refractivity contribution is 7.89. The number of amides is 1. The van der Waals surface area contributed by atoms with Gasteiger partial charge in [0.15, 0.2) is 5.65 Å². The molecule has 2 heterocycles. The standard InChI is InChI=1S/C21H14F5N5O4S/c22-18(23)17-9-16(11-4-6-13(7-5-11)35-21(24,25)26)30-19-15(10-28-31(17)19)20(32)29-12-2-1-3-14(8-12)36(27,33)34/h1-10,18H,(H,29,32)(H2,27,33,34). The molecular formula is C21H14F5N5O4S. The number of carbonyl (C=O) groups is 1. The predicted molar refractivity (Wildman–Crippen MR) is 116 cm³/mol. The van der Waals surface area contributed by atoms with Crippen molar-refractivity contribution in [2.24, 2.45) is 5.14 Å². The summed E-state index contributed by atoms with van der Waals surface area (Å²) < 4.78 is 92.3. The number of rotatable bonds is 6. The van der Waals surface area contributed by atoms with Gasteiger partial charge in [-0.3, -0.25) is 4.79 Å². The first kappa shape index (κ1) is 25.0. The number of alkyl halides is 5. The summed E-state index contributed by atoms with van der Waals surface area (Å²) in [6.45, 7) is 0. The Hall–Kier alpha value is -4.11. The summed E-state index contributed by atoms with van der Waals surface area (Å²) in [6, 6.07) is 10.4. The summed E-state index contributed by atoms with van der Waals surface area (Å²) in [7, 11) is -4.05. The number of halogens is 5. The molecule has 15 heteroatoms. The Bertz CT molecular complexity index is 1550. The van der Waals surface area contributed by atoms with Gasteiger partial charge in [0.1, 0.15) is 17.0 Å². The number of ether oxygens (including phenoxy) is 1. The Labute approximate surface area is 199 Å². The number of nitrogens with two attached hydrogens (primary N) is 1. The lowest BCUT2D eigenvalue weighted by atomic mass is 10.1. The molecule has 2 aromatic heterocycles. The maximum absolute atomic E-state index is 13.8. The van der Waals surface area contributed by atoms with E-state index in [0.29, 0.717) is 0 Å². The number of nitrogens with one attached hydrogen (secondary N) is 1. The van der Waals surface area contributed by atoms with Crippen LogP contribution in [-0.2, 0) is 10.0 Å². The lowest BCUT2D eigenvalue weighted by Crippen LogP contribution is -2.17. The molecular weight excluding hydrogens is 513 g/mol. The quantitative estimate of drug-likeness (QED) is 0.363. The fourth-order valence-corrected chi connectivity index (χ4v) is 3.79. The van der Waals surface area contributed by atoms with Gasteiger partial charge >= 0.3 is 6.36 Å². The molecule has 0 spiro atoms. The highest BCUT2D eigenvalue weighted by atomic mass is 32.2. The van der Waals surface area contributed by atoms with Crippen molar-refractivity contribution >= 4 is 27.3 Å². The first-order valence-corrected chi connectivity index (χ1v) is 11.3. The van der Waals surface area contributed by atoms with Crippen LogP contribution in [0.3, 0.4) is 0 Å². The molecule has 0 radical (unpaired) electrons. The van der Waals surface area contributed by atoms with E-state index in [1.165, 1.54) is 30.3 Å². The van der Waals surface area contributed by atoms with Crippen LogP contribution in [0.1, 0.15) is 22.5 Å². The van der Waals surface area contributed by atoms with E-state index in [4.69, 9.17) is 5.14 Å². The second kappa shape index (κ2) is 9.16. The van der Waals surface area contributed by atoms with E-state index >= 15 is 0 Å². The molecule has 4 aromatic rings. The number of carbonyl (C=O) groups excluding carboxylic acids is 1. The van der Waals surface area contributed by atoms with Crippen LogP contribution in [0.5, 0.6) is 5.75 Å². The summed E-state index contributed by atoms with van der Waals surface area (Å²) in [6.07, 6.45) is -6.95.